The second-order valence-electron chi connectivity index (χ2n) is 7.17. The Balaban J connectivity index is 1.52. The SMILES string of the molecule is COc1cc(CNC(C)CCc2ccccc2)ccc1OCc1ccccc1Cl. The van der Waals surface area contributed by atoms with Gasteiger partial charge in [-0.1, -0.05) is 66.2 Å². The Morgan fingerprint density at radius 1 is 0.897 bits per heavy atom. The average molecular weight is 410 g/mol. The van der Waals surface area contributed by atoms with Crippen LogP contribution >= 0.6 is 11.6 Å². The van der Waals surface area contributed by atoms with Gasteiger partial charge in [-0.15, -0.1) is 0 Å². The summed E-state index contributed by atoms with van der Waals surface area (Å²) >= 11 is 6.21. The number of rotatable bonds is 10. The van der Waals surface area contributed by atoms with Gasteiger partial charge in [-0.05, 0) is 49.1 Å². The van der Waals surface area contributed by atoms with Crippen LogP contribution in [0.2, 0.25) is 5.02 Å². The molecule has 152 valence electrons. The fraction of sp³-hybridized carbons (Fsp3) is 0.280. The van der Waals surface area contributed by atoms with Crippen molar-refractivity contribution in [3.05, 3.63) is 94.5 Å². The van der Waals surface area contributed by atoms with Crippen molar-refractivity contribution in [3.63, 3.8) is 0 Å². The van der Waals surface area contributed by atoms with E-state index in [1.54, 1.807) is 7.11 Å². The molecule has 0 saturated carbocycles. The fourth-order valence-corrected chi connectivity index (χ4v) is 3.32. The Hall–Kier alpha value is -2.49. The van der Waals surface area contributed by atoms with Crippen molar-refractivity contribution in [2.24, 2.45) is 0 Å². The number of methoxy groups -OCH3 is 1. The van der Waals surface area contributed by atoms with E-state index in [1.807, 2.05) is 36.4 Å². The lowest BCUT2D eigenvalue weighted by atomic mass is 10.1. The monoisotopic (exact) mass is 409 g/mol. The molecular weight excluding hydrogens is 382 g/mol. The summed E-state index contributed by atoms with van der Waals surface area (Å²) in [5, 5.41) is 4.30. The van der Waals surface area contributed by atoms with Crippen LogP contribution in [0.3, 0.4) is 0 Å². The third kappa shape index (κ3) is 6.52. The molecule has 3 aromatic carbocycles. The minimum absolute atomic E-state index is 0.407. The summed E-state index contributed by atoms with van der Waals surface area (Å²) < 4.78 is 11.5. The second-order valence-corrected chi connectivity index (χ2v) is 7.58. The normalized spacial score (nSPS) is 11.8. The molecule has 0 aliphatic carbocycles. The van der Waals surface area contributed by atoms with Gasteiger partial charge in [0.25, 0.3) is 0 Å². The van der Waals surface area contributed by atoms with Crippen molar-refractivity contribution in [3.8, 4) is 11.5 Å². The molecule has 3 nitrogen and oxygen atoms in total. The highest BCUT2D eigenvalue weighted by atomic mass is 35.5. The van der Waals surface area contributed by atoms with E-state index in [0.717, 1.165) is 30.7 Å². The maximum atomic E-state index is 6.21. The van der Waals surface area contributed by atoms with Crippen LogP contribution in [-0.2, 0) is 19.6 Å². The molecule has 29 heavy (non-hydrogen) atoms. The zero-order valence-electron chi connectivity index (χ0n) is 17.0. The summed E-state index contributed by atoms with van der Waals surface area (Å²) in [7, 11) is 1.66. The first kappa shape index (κ1) is 21.2. The highest BCUT2D eigenvalue weighted by Gasteiger charge is 2.09. The van der Waals surface area contributed by atoms with Crippen LogP contribution in [0.5, 0.6) is 11.5 Å². The van der Waals surface area contributed by atoms with E-state index in [9.17, 15) is 0 Å². The van der Waals surface area contributed by atoms with Gasteiger partial charge in [-0.3, -0.25) is 0 Å². The molecule has 0 fully saturated rings. The average Bonchev–Trinajstić information content (AvgIpc) is 2.76. The van der Waals surface area contributed by atoms with E-state index in [0.29, 0.717) is 23.4 Å². The molecule has 0 spiro atoms. The lowest BCUT2D eigenvalue weighted by molar-refractivity contribution is 0.284. The molecule has 0 radical (unpaired) electrons. The standard InChI is InChI=1S/C25H28ClNO2/c1-19(12-13-20-8-4-3-5-9-20)27-17-21-14-15-24(25(16-21)28-2)29-18-22-10-6-7-11-23(22)26/h3-11,14-16,19,27H,12-13,17-18H2,1-2H3. The van der Waals surface area contributed by atoms with E-state index in [4.69, 9.17) is 21.1 Å². The number of nitrogens with one attached hydrogen (secondary N) is 1. The number of hydrogen-bond donors (Lipinski definition) is 1. The van der Waals surface area contributed by atoms with Crippen molar-refractivity contribution in [2.75, 3.05) is 7.11 Å². The van der Waals surface area contributed by atoms with Crippen LogP contribution in [0.4, 0.5) is 0 Å². The molecule has 3 rings (SSSR count). The molecule has 1 unspecified atom stereocenters. The number of ether oxygens (including phenoxy) is 2. The summed E-state index contributed by atoms with van der Waals surface area (Å²) in [5.41, 5.74) is 3.50. The van der Waals surface area contributed by atoms with Gasteiger partial charge in [0.2, 0.25) is 0 Å². The van der Waals surface area contributed by atoms with Crippen molar-refractivity contribution < 1.29 is 9.47 Å². The maximum Gasteiger partial charge on any atom is 0.161 e. The van der Waals surface area contributed by atoms with Crippen molar-refractivity contribution in [1.29, 1.82) is 0 Å². The predicted octanol–water partition coefficient (Wildman–Crippen LogP) is 6.04. The highest BCUT2D eigenvalue weighted by molar-refractivity contribution is 6.31. The topological polar surface area (TPSA) is 30.5 Å². The van der Waals surface area contributed by atoms with Crippen LogP contribution in [0.1, 0.15) is 30.0 Å². The van der Waals surface area contributed by atoms with Gasteiger partial charge < -0.3 is 14.8 Å². The van der Waals surface area contributed by atoms with Gasteiger partial charge in [0.15, 0.2) is 11.5 Å². The minimum atomic E-state index is 0.407. The van der Waals surface area contributed by atoms with E-state index >= 15 is 0 Å². The second kappa shape index (κ2) is 10.9. The van der Waals surface area contributed by atoms with Crippen molar-refractivity contribution >= 4 is 11.6 Å². The van der Waals surface area contributed by atoms with E-state index in [-0.39, 0.29) is 0 Å². The van der Waals surface area contributed by atoms with Crippen LogP contribution in [-0.4, -0.2) is 13.2 Å². The van der Waals surface area contributed by atoms with Gasteiger partial charge in [0, 0.05) is 23.2 Å². The number of benzene rings is 3. The molecular formula is C25H28ClNO2. The third-order valence-corrected chi connectivity index (χ3v) is 5.30. The first-order valence-corrected chi connectivity index (χ1v) is 10.3. The third-order valence-electron chi connectivity index (χ3n) is 4.93. The minimum Gasteiger partial charge on any atom is -0.493 e. The Labute approximate surface area is 178 Å². The largest absolute Gasteiger partial charge is 0.493 e. The first-order chi connectivity index (χ1) is 14.2. The smallest absolute Gasteiger partial charge is 0.161 e. The van der Waals surface area contributed by atoms with Crippen LogP contribution in [0.15, 0.2) is 72.8 Å². The molecule has 0 heterocycles. The summed E-state index contributed by atoms with van der Waals surface area (Å²) in [5.74, 6) is 1.45. The highest BCUT2D eigenvalue weighted by Crippen LogP contribution is 2.29. The summed E-state index contributed by atoms with van der Waals surface area (Å²) in [6.45, 7) is 3.42. The fourth-order valence-electron chi connectivity index (χ4n) is 3.13. The van der Waals surface area contributed by atoms with Gasteiger partial charge in [-0.2, -0.15) is 0 Å². The molecule has 0 bridgehead atoms. The molecule has 0 saturated heterocycles. The summed E-state index contributed by atoms with van der Waals surface area (Å²) in [4.78, 5) is 0. The molecule has 0 aliphatic rings. The Kier molecular flexibility index (Phi) is 7.97. The molecule has 1 N–H and O–H groups in total. The van der Waals surface area contributed by atoms with Crippen molar-refractivity contribution in [2.45, 2.75) is 39.0 Å². The lowest BCUT2D eigenvalue weighted by Gasteiger charge is -2.16. The lowest BCUT2D eigenvalue weighted by Crippen LogP contribution is -2.26. The van der Waals surface area contributed by atoms with Gasteiger partial charge in [0.05, 0.1) is 7.11 Å². The van der Waals surface area contributed by atoms with Crippen LogP contribution in [0, 0.1) is 0 Å². The first-order valence-electron chi connectivity index (χ1n) is 9.96. The summed E-state index contributed by atoms with van der Waals surface area (Å²) in [6.07, 6.45) is 2.17. The zero-order valence-corrected chi connectivity index (χ0v) is 17.8. The van der Waals surface area contributed by atoms with E-state index < -0.39 is 0 Å². The van der Waals surface area contributed by atoms with E-state index in [1.165, 1.54) is 11.1 Å². The quantitative estimate of drug-likeness (QED) is 0.443. The molecule has 0 amide bonds. The zero-order chi connectivity index (χ0) is 20.5. The maximum absolute atomic E-state index is 6.21. The number of halogens is 1. The van der Waals surface area contributed by atoms with Gasteiger partial charge in [0.1, 0.15) is 6.61 Å². The summed E-state index contributed by atoms with van der Waals surface area (Å²) in [6, 6.07) is 24.8. The predicted molar refractivity (Wildman–Crippen MR) is 120 cm³/mol. The Bertz CT molecular complexity index is 898. The van der Waals surface area contributed by atoms with Crippen LogP contribution in [0.25, 0.3) is 0 Å². The molecule has 4 heteroatoms. The van der Waals surface area contributed by atoms with Crippen molar-refractivity contribution in [1.82, 2.24) is 5.32 Å². The molecule has 3 aromatic rings. The Morgan fingerprint density at radius 3 is 2.41 bits per heavy atom. The number of aryl methyl sites for hydroxylation is 1. The van der Waals surface area contributed by atoms with E-state index in [2.05, 4.69) is 48.6 Å². The molecule has 0 aromatic heterocycles. The van der Waals surface area contributed by atoms with Crippen LogP contribution < -0.4 is 14.8 Å². The molecule has 1 atom stereocenters. The Morgan fingerprint density at radius 2 is 1.66 bits per heavy atom. The van der Waals surface area contributed by atoms with Gasteiger partial charge in [-0.25, -0.2) is 0 Å². The number of hydrogen-bond acceptors (Lipinski definition) is 3. The molecule has 0 aliphatic heterocycles. The van der Waals surface area contributed by atoms with Gasteiger partial charge >= 0.3 is 0 Å².